The van der Waals surface area contributed by atoms with Crippen molar-refractivity contribution in [1.29, 1.82) is 5.26 Å². The first-order chi connectivity index (χ1) is 9.52. The summed E-state index contributed by atoms with van der Waals surface area (Å²) in [7, 11) is 0. The van der Waals surface area contributed by atoms with E-state index in [0.717, 1.165) is 22.0 Å². The van der Waals surface area contributed by atoms with Gasteiger partial charge < -0.3 is 4.90 Å². The molecular weight excluding hydrogens is 386 g/mol. The Labute approximate surface area is 135 Å². The molecule has 0 bridgehead atoms. The van der Waals surface area contributed by atoms with Crippen molar-refractivity contribution >= 4 is 37.8 Å². The lowest BCUT2D eigenvalue weighted by Crippen LogP contribution is -2.51. The topological polar surface area (TPSA) is 47.3 Å². The lowest BCUT2D eigenvalue weighted by atomic mass is 10.1. The van der Waals surface area contributed by atoms with Gasteiger partial charge in [0.1, 0.15) is 0 Å². The molecule has 1 amide bonds. The maximum absolute atomic E-state index is 12.5. The molecule has 1 atom stereocenters. The highest BCUT2D eigenvalue weighted by Crippen LogP contribution is 2.23. The average molecular weight is 401 g/mol. The van der Waals surface area contributed by atoms with Gasteiger partial charge in [0, 0.05) is 35.1 Å². The van der Waals surface area contributed by atoms with Crippen molar-refractivity contribution in [3.8, 4) is 6.07 Å². The van der Waals surface area contributed by atoms with Crippen molar-refractivity contribution in [2.45, 2.75) is 13.0 Å². The summed E-state index contributed by atoms with van der Waals surface area (Å²) < 4.78 is 1.73. The molecule has 1 aliphatic heterocycles. The largest absolute Gasteiger partial charge is 0.336 e. The molecule has 4 nitrogen and oxygen atoms in total. The number of carbonyl (C=O) groups excluding carboxylic acids is 1. The Kier molecular flexibility index (Phi) is 5.19. The van der Waals surface area contributed by atoms with Gasteiger partial charge in [-0.15, -0.1) is 0 Å². The van der Waals surface area contributed by atoms with Gasteiger partial charge >= 0.3 is 0 Å². The molecule has 0 aliphatic carbocycles. The molecule has 106 valence electrons. The summed E-state index contributed by atoms with van der Waals surface area (Å²) in [5, 5.41) is 8.92. The van der Waals surface area contributed by atoms with Crippen LogP contribution in [-0.4, -0.2) is 47.9 Å². The summed E-state index contributed by atoms with van der Waals surface area (Å²) in [4.78, 5) is 16.4. The van der Waals surface area contributed by atoms with Crippen LogP contribution >= 0.6 is 31.9 Å². The number of carbonyl (C=O) groups is 1. The van der Waals surface area contributed by atoms with E-state index in [-0.39, 0.29) is 11.9 Å². The normalized spacial score (nSPS) is 17.6. The van der Waals surface area contributed by atoms with Crippen molar-refractivity contribution in [3.63, 3.8) is 0 Å². The molecule has 0 N–H and O–H groups in total. The molecule has 1 unspecified atom stereocenters. The number of rotatable bonds is 2. The van der Waals surface area contributed by atoms with Gasteiger partial charge in [-0.3, -0.25) is 9.69 Å². The Bertz CT molecular complexity index is 548. The molecule has 1 saturated heterocycles. The Hall–Kier alpha value is -0.900. The van der Waals surface area contributed by atoms with E-state index < -0.39 is 0 Å². The predicted octanol–water partition coefficient (Wildman–Crippen LogP) is 2.88. The molecule has 1 aliphatic rings. The zero-order valence-corrected chi connectivity index (χ0v) is 14.3. The molecule has 0 radical (unpaired) electrons. The van der Waals surface area contributed by atoms with Crippen LogP contribution in [0.3, 0.4) is 0 Å². The maximum Gasteiger partial charge on any atom is 0.255 e. The number of hydrogen-bond donors (Lipinski definition) is 0. The Morgan fingerprint density at radius 3 is 2.50 bits per heavy atom. The first-order valence-electron chi connectivity index (χ1n) is 6.41. The summed E-state index contributed by atoms with van der Waals surface area (Å²) in [6.45, 7) is 4.70. The smallest absolute Gasteiger partial charge is 0.255 e. The molecule has 0 spiro atoms. The van der Waals surface area contributed by atoms with E-state index in [9.17, 15) is 4.79 Å². The minimum absolute atomic E-state index is 0.0358. The minimum Gasteiger partial charge on any atom is -0.336 e. The summed E-state index contributed by atoms with van der Waals surface area (Å²) in [5.41, 5.74) is 0.676. The van der Waals surface area contributed by atoms with E-state index in [1.807, 2.05) is 30.0 Å². The van der Waals surface area contributed by atoms with Crippen molar-refractivity contribution < 1.29 is 4.79 Å². The number of nitrogens with zero attached hydrogens (tertiary/aromatic N) is 3. The van der Waals surface area contributed by atoms with Crippen molar-refractivity contribution in [1.82, 2.24) is 9.80 Å². The van der Waals surface area contributed by atoms with Crippen LogP contribution in [0, 0.1) is 11.3 Å². The number of nitriles is 1. The van der Waals surface area contributed by atoms with Crippen LogP contribution in [0.5, 0.6) is 0 Å². The quantitative estimate of drug-likeness (QED) is 0.766. The van der Waals surface area contributed by atoms with E-state index in [0.29, 0.717) is 18.7 Å². The highest BCUT2D eigenvalue weighted by Gasteiger charge is 2.25. The van der Waals surface area contributed by atoms with Crippen LogP contribution in [0.25, 0.3) is 0 Å². The fourth-order valence-corrected chi connectivity index (χ4v) is 3.44. The van der Waals surface area contributed by atoms with Gasteiger partial charge in [-0.05, 0) is 41.1 Å². The van der Waals surface area contributed by atoms with Gasteiger partial charge in [0.05, 0.1) is 17.7 Å². The first-order valence-corrected chi connectivity index (χ1v) is 7.99. The lowest BCUT2D eigenvalue weighted by Gasteiger charge is -2.36. The van der Waals surface area contributed by atoms with Crippen LogP contribution in [0.4, 0.5) is 0 Å². The molecule has 2 rings (SSSR count). The number of hydrogen-bond acceptors (Lipinski definition) is 3. The summed E-state index contributed by atoms with van der Waals surface area (Å²) in [6.07, 6.45) is 0. The third kappa shape index (κ3) is 3.40. The van der Waals surface area contributed by atoms with Gasteiger partial charge in [-0.1, -0.05) is 15.9 Å². The van der Waals surface area contributed by atoms with E-state index in [2.05, 4.69) is 42.8 Å². The SMILES string of the molecule is CC(C#N)N1CCN(C(=O)c2ccc(Br)cc2Br)CC1. The Balaban J connectivity index is 2.04. The van der Waals surface area contributed by atoms with Gasteiger partial charge in [0.2, 0.25) is 0 Å². The number of halogens is 2. The average Bonchev–Trinajstić information content (AvgIpc) is 2.46. The third-order valence-corrected chi connectivity index (χ3v) is 4.65. The van der Waals surface area contributed by atoms with E-state index >= 15 is 0 Å². The number of amides is 1. The molecule has 6 heteroatoms. The highest BCUT2D eigenvalue weighted by molar-refractivity contribution is 9.11. The zero-order chi connectivity index (χ0) is 14.7. The van der Waals surface area contributed by atoms with Crippen LogP contribution in [-0.2, 0) is 0 Å². The van der Waals surface area contributed by atoms with Crippen molar-refractivity contribution in [3.05, 3.63) is 32.7 Å². The second kappa shape index (κ2) is 6.70. The van der Waals surface area contributed by atoms with Gasteiger partial charge in [0.15, 0.2) is 0 Å². The molecule has 1 aromatic carbocycles. The van der Waals surface area contributed by atoms with Crippen LogP contribution in [0.2, 0.25) is 0 Å². The van der Waals surface area contributed by atoms with E-state index in [1.165, 1.54) is 0 Å². The molecule has 1 aromatic rings. The van der Waals surface area contributed by atoms with Crippen LogP contribution < -0.4 is 0 Å². The van der Waals surface area contributed by atoms with Gasteiger partial charge in [-0.2, -0.15) is 5.26 Å². The number of piperazine rings is 1. The van der Waals surface area contributed by atoms with Gasteiger partial charge in [-0.25, -0.2) is 0 Å². The summed E-state index contributed by atoms with van der Waals surface area (Å²) in [6, 6.07) is 7.71. The molecular formula is C14H15Br2N3O. The Morgan fingerprint density at radius 2 is 1.95 bits per heavy atom. The third-order valence-electron chi connectivity index (χ3n) is 3.50. The monoisotopic (exact) mass is 399 g/mol. The molecule has 0 aromatic heterocycles. The van der Waals surface area contributed by atoms with Crippen LogP contribution in [0.1, 0.15) is 17.3 Å². The second-order valence-corrected chi connectivity index (χ2v) is 6.53. The second-order valence-electron chi connectivity index (χ2n) is 4.76. The number of benzene rings is 1. The fourth-order valence-electron chi connectivity index (χ4n) is 2.23. The molecule has 1 fully saturated rings. The molecule has 1 heterocycles. The zero-order valence-electron chi connectivity index (χ0n) is 11.1. The van der Waals surface area contributed by atoms with Gasteiger partial charge in [0.25, 0.3) is 5.91 Å². The maximum atomic E-state index is 12.5. The standard InChI is InChI=1S/C14H15Br2N3O/c1-10(9-17)18-4-6-19(7-5-18)14(20)12-3-2-11(15)8-13(12)16/h2-3,8,10H,4-7H2,1H3. The first kappa shape index (κ1) is 15.5. The van der Waals surface area contributed by atoms with E-state index in [4.69, 9.17) is 5.26 Å². The van der Waals surface area contributed by atoms with E-state index in [1.54, 1.807) is 0 Å². The fraction of sp³-hybridized carbons (Fsp3) is 0.429. The molecule has 0 saturated carbocycles. The lowest BCUT2D eigenvalue weighted by molar-refractivity contribution is 0.0615. The van der Waals surface area contributed by atoms with Crippen molar-refractivity contribution in [2.75, 3.05) is 26.2 Å². The Morgan fingerprint density at radius 1 is 1.30 bits per heavy atom. The van der Waals surface area contributed by atoms with Crippen molar-refractivity contribution in [2.24, 2.45) is 0 Å². The highest BCUT2D eigenvalue weighted by atomic mass is 79.9. The predicted molar refractivity (Wildman–Crippen MR) is 84.4 cm³/mol. The van der Waals surface area contributed by atoms with Crippen LogP contribution in [0.15, 0.2) is 27.1 Å². The molecule has 20 heavy (non-hydrogen) atoms. The minimum atomic E-state index is -0.0910. The summed E-state index contributed by atoms with van der Waals surface area (Å²) >= 11 is 6.81. The summed E-state index contributed by atoms with van der Waals surface area (Å²) in [5.74, 6) is 0.0358.